The zero-order chi connectivity index (χ0) is 14.3. The maximum atomic E-state index is 11.3. The van der Waals surface area contributed by atoms with Crippen LogP contribution in [0.25, 0.3) is 0 Å². The summed E-state index contributed by atoms with van der Waals surface area (Å²) in [5.41, 5.74) is 0.562. The van der Waals surface area contributed by atoms with Gasteiger partial charge in [-0.15, -0.1) is 0 Å². The number of sulfonamides is 1. The third-order valence-electron chi connectivity index (χ3n) is 2.68. The lowest BCUT2D eigenvalue weighted by Crippen LogP contribution is -2.18. The Morgan fingerprint density at radius 3 is 2.42 bits per heavy atom. The summed E-state index contributed by atoms with van der Waals surface area (Å²) in [6.45, 7) is 6.08. The number of nitrogens with zero attached hydrogens (tertiary/aromatic N) is 1. The first-order valence-corrected chi connectivity index (χ1v) is 8.20. The van der Waals surface area contributed by atoms with E-state index >= 15 is 0 Å². The molecule has 1 aliphatic rings. The lowest BCUT2D eigenvalue weighted by atomic mass is 9.91. The Bertz CT molecular complexity index is 572. The van der Waals surface area contributed by atoms with Crippen molar-refractivity contribution in [2.75, 3.05) is 11.0 Å². The zero-order valence-corrected chi connectivity index (χ0v) is 12.5. The van der Waals surface area contributed by atoms with Crippen molar-refractivity contribution in [1.29, 1.82) is 0 Å². The van der Waals surface area contributed by atoms with Crippen LogP contribution in [0.5, 0.6) is 5.75 Å². The molecular formula is C13H20N2O3S. The Kier molecular flexibility index (Phi) is 3.47. The van der Waals surface area contributed by atoms with Gasteiger partial charge in [0.1, 0.15) is 11.6 Å². The molecule has 1 fully saturated rings. The van der Waals surface area contributed by atoms with Crippen LogP contribution in [0.15, 0.2) is 12.1 Å². The molecule has 1 aliphatic carbocycles. The zero-order valence-electron chi connectivity index (χ0n) is 11.7. The molecule has 1 aromatic rings. The largest absolute Gasteiger partial charge is 0.488 e. The second kappa shape index (κ2) is 4.67. The number of rotatable bonds is 4. The van der Waals surface area contributed by atoms with Gasteiger partial charge < -0.3 is 4.74 Å². The van der Waals surface area contributed by atoms with E-state index in [1.165, 1.54) is 0 Å². The highest BCUT2D eigenvalue weighted by Crippen LogP contribution is 2.35. The van der Waals surface area contributed by atoms with Gasteiger partial charge in [-0.1, -0.05) is 20.8 Å². The van der Waals surface area contributed by atoms with Gasteiger partial charge in [0, 0.05) is 5.41 Å². The second-order valence-electron chi connectivity index (χ2n) is 5.98. The van der Waals surface area contributed by atoms with E-state index in [0.29, 0.717) is 5.82 Å². The minimum atomic E-state index is -3.32. The molecule has 0 atom stereocenters. The number of aromatic nitrogens is 1. The number of anilines is 1. The summed E-state index contributed by atoms with van der Waals surface area (Å²) < 4.78 is 30.7. The SMILES string of the molecule is CC(C)(C)c1nc(NS(C)(=O)=O)ccc1OC1CC1. The molecule has 0 bridgehead atoms. The summed E-state index contributed by atoms with van der Waals surface area (Å²) in [5, 5.41) is 0. The minimum Gasteiger partial charge on any atom is -0.488 e. The summed E-state index contributed by atoms with van der Waals surface area (Å²) >= 11 is 0. The maximum Gasteiger partial charge on any atom is 0.230 e. The third-order valence-corrected chi connectivity index (χ3v) is 3.26. The van der Waals surface area contributed by atoms with Crippen molar-refractivity contribution in [3.05, 3.63) is 17.8 Å². The van der Waals surface area contributed by atoms with Crippen molar-refractivity contribution in [3.63, 3.8) is 0 Å². The van der Waals surface area contributed by atoms with Gasteiger partial charge in [0.15, 0.2) is 0 Å². The third kappa shape index (κ3) is 4.09. The molecule has 6 heteroatoms. The molecule has 1 heterocycles. The average molecular weight is 284 g/mol. The van der Waals surface area contributed by atoms with E-state index in [2.05, 4.69) is 9.71 Å². The van der Waals surface area contributed by atoms with E-state index in [0.717, 1.165) is 30.5 Å². The topological polar surface area (TPSA) is 68.3 Å². The molecule has 0 aromatic carbocycles. The van der Waals surface area contributed by atoms with Crippen molar-refractivity contribution >= 4 is 15.8 Å². The van der Waals surface area contributed by atoms with Crippen LogP contribution in [-0.2, 0) is 15.4 Å². The fourth-order valence-electron chi connectivity index (χ4n) is 1.69. The summed E-state index contributed by atoms with van der Waals surface area (Å²) in [7, 11) is -3.32. The van der Waals surface area contributed by atoms with Crippen LogP contribution in [0.4, 0.5) is 5.82 Å². The molecule has 0 spiro atoms. The van der Waals surface area contributed by atoms with Gasteiger partial charge in [0.25, 0.3) is 0 Å². The van der Waals surface area contributed by atoms with Crippen molar-refractivity contribution in [2.45, 2.75) is 45.1 Å². The molecular weight excluding hydrogens is 264 g/mol. The van der Waals surface area contributed by atoms with Gasteiger partial charge in [-0.3, -0.25) is 4.72 Å². The Hall–Kier alpha value is -1.30. The summed E-state index contributed by atoms with van der Waals surface area (Å²) in [4.78, 5) is 4.39. The highest BCUT2D eigenvalue weighted by molar-refractivity contribution is 7.92. The predicted octanol–water partition coefficient (Wildman–Crippen LogP) is 2.29. The standard InChI is InChI=1S/C13H20N2O3S/c1-13(2,3)12-10(18-9-5-6-9)7-8-11(14-12)15-19(4,16)17/h7-9H,5-6H2,1-4H3,(H,14,15). The van der Waals surface area contributed by atoms with Crippen LogP contribution < -0.4 is 9.46 Å². The maximum absolute atomic E-state index is 11.3. The van der Waals surface area contributed by atoms with Gasteiger partial charge in [0.05, 0.1) is 18.1 Å². The highest BCUT2D eigenvalue weighted by atomic mass is 32.2. The van der Waals surface area contributed by atoms with Gasteiger partial charge in [-0.05, 0) is 25.0 Å². The molecule has 0 aliphatic heterocycles. The molecule has 106 valence electrons. The number of nitrogens with one attached hydrogen (secondary N) is 1. The molecule has 1 saturated carbocycles. The average Bonchev–Trinajstić information content (AvgIpc) is 3.00. The Balaban J connectivity index is 2.35. The van der Waals surface area contributed by atoms with E-state index in [9.17, 15) is 8.42 Å². The molecule has 2 rings (SSSR count). The number of ether oxygens (including phenoxy) is 1. The Labute approximate surface area is 114 Å². The summed E-state index contributed by atoms with van der Waals surface area (Å²) in [6.07, 6.45) is 3.55. The molecule has 1 N–H and O–H groups in total. The van der Waals surface area contributed by atoms with Crippen LogP contribution in [0.2, 0.25) is 0 Å². The molecule has 0 amide bonds. The van der Waals surface area contributed by atoms with E-state index in [1.54, 1.807) is 12.1 Å². The molecule has 0 saturated heterocycles. The first kappa shape index (κ1) is 14.1. The second-order valence-corrected chi connectivity index (χ2v) is 7.73. The van der Waals surface area contributed by atoms with E-state index < -0.39 is 10.0 Å². The van der Waals surface area contributed by atoms with Gasteiger partial charge >= 0.3 is 0 Å². The fourth-order valence-corrected chi connectivity index (χ4v) is 2.18. The van der Waals surface area contributed by atoms with Crippen molar-refractivity contribution in [2.24, 2.45) is 0 Å². The Morgan fingerprint density at radius 1 is 1.32 bits per heavy atom. The van der Waals surface area contributed by atoms with Crippen molar-refractivity contribution < 1.29 is 13.2 Å². The van der Waals surface area contributed by atoms with E-state index in [-0.39, 0.29) is 11.5 Å². The summed E-state index contributed by atoms with van der Waals surface area (Å²) in [6, 6.07) is 3.42. The van der Waals surface area contributed by atoms with Gasteiger partial charge in [-0.25, -0.2) is 13.4 Å². The number of hydrogen-bond acceptors (Lipinski definition) is 4. The predicted molar refractivity (Wildman–Crippen MR) is 75.1 cm³/mol. The van der Waals surface area contributed by atoms with Crippen LogP contribution in [0, 0.1) is 0 Å². The monoisotopic (exact) mass is 284 g/mol. The first-order chi connectivity index (χ1) is 8.65. The molecule has 0 radical (unpaired) electrons. The van der Waals surface area contributed by atoms with E-state index in [1.807, 2.05) is 20.8 Å². The minimum absolute atomic E-state index is 0.209. The van der Waals surface area contributed by atoms with Crippen LogP contribution in [0.3, 0.4) is 0 Å². The normalized spacial score (nSPS) is 16.2. The van der Waals surface area contributed by atoms with Crippen LogP contribution in [-0.4, -0.2) is 25.8 Å². The molecule has 0 unspecified atom stereocenters. The Morgan fingerprint density at radius 2 is 1.95 bits per heavy atom. The molecule has 5 nitrogen and oxygen atoms in total. The van der Waals surface area contributed by atoms with E-state index in [4.69, 9.17) is 4.74 Å². The summed E-state index contributed by atoms with van der Waals surface area (Å²) in [5.74, 6) is 1.07. The smallest absolute Gasteiger partial charge is 0.230 e. The quantitative estimate of drug-likeness (QED) is 0.921. The molecule has 19 heavy (non-hydrogen) atoms. The highest BCUT2D eigenvalue weighted by Gasteiger charge is 2.28. The van der Waals surface area contributed by atoms with Gasteiger partial charge in [0.2, 0.25) is 10.0 Å². The lowest BCUT2D eigenvalue weighted by Gasteiger charge is -2.22. The van der Waals surface area contributed by atoms with Crippen LogP contribution in [0.1, 0.15) is 39.3 Å². The van der Waals surface area contributed by atoms with Gasteiger partial charge in [-0.2, -0.15) is 0 Å². The van der Waals surface area contributed by atoms with Crippen molar-refractivity contribution in [3.8, 4) is 5.75 Å². The molecule has 1 aromatic heterocycles. The fraction of sp³-hybridized carbons (Fsp3) is 0.615. The first-order valence-electron chi connectivity index (χ1n) is 6.31. The number of pyridine rings is 1. The van der Waals surface area contributed by atoms with Crippen LogP contribution >= 0.6 is 0 Å². The lowest BCUT2D eigenvalue weighted by molar-refractivity contribution is 0.292. The number of hydrogen-bond donors (Lipinski definition) is 1. The van der Waals surface area contributed by atoms with Crippen molar-refractivity contribution in [1.82, 2.24) is 4.98 Å².